The summed E-state index contributed by atoms with van der Waals surface area (Å²) in [5.74, 6) is -0.807. The van der Waals surface area contributed by atoms with Crippen molar-refractivity contribution in [2.24, 2.45) is 5.41 Å². The van der Waals surface area contributed by atoms with E-state index in [9.17, 15) is 4.79 Å². The van der Waals surface area contributed by atoms with E-state index in [2.05, 4.69) is 6.92 Å². The Bertz CT molecular complexity index is 276. The number of carbonyl (C=O) groups is 1. The van der Waals surface area contributed by atoms with Crippen LogP contribution in [-0.2, 0) is 19.0 Å². The predicted octanol–water partition coefficient (Wildman–Crippen LogP) is 3.29. The number of esters is 1. The molecule has 0 aromatic rings. The molecule has 0 atom stereocenters. The smallest absolute Gasteiger partial charge is 0.316 e. The molecule has 0 aromatic heterocycles. The SMILES string of the molecule is CCCCCCCOC(=O)C1(C)COC(C)(C)OC1. The third kappa shape index (κ3) is 5.49. The van der Waals surface area contributed by atoms with Crippen molar-refractivity contribution in [2.45, 2.75) is 65.6 Å². The fourth-order valence-corrected chi connectivity index (χ4v) is 1.91. The quantitative estimate of drug-likeness (QED) is 0.527. The maximum atomic E-state index is 12.0. The van der Waals surface area contributed by atoms with Crippen LogP contribution in [0.25, 0.3) is 0 Å². The lowest BCUT2D eigenvalue weighted by Gasteiger charge is -2.39. The van der Waals surface area contributed by atoms with Crippen LogP contribution in [-0.4, -0.2) is 31.6 Å². The Morgan fingerprint density at radius 2 is 1.63 bits per heavy atom. The summed E-state index contributed by atoms with van der Waals surface area (Å²) in [6.07, 6.45) is 5.75. The van der Waals surface area contributed by atoms with E-state index in [1.54, 1.807) is 0 Å². The van der Waals surface area contributed by atoms with Gasteiger partial charge in [0.1, 0.15) is 5.41 Å². The number of ether oxygens (including phenoxy) is 3. The Balaban J connectivity index is 2.22. The molecule has 4 nitrogen and oxygen atoms in total. The second-order valence-corrected chi connectivity index (χ2v) is 6.09. The molecule has 1 fully saturated rings. The molecule has 0 spiro atoms. The van der Waals surface area contributed by atoms with E-state index in [1.807, 2.05) is 20.8 Å². The standard InChI is InChI=1S/C15H28O4/c1-5-6-7-8-9-10-17-13(16)15(4)11-18-14(2,3)19-12-15/h5-12H2,1-4H3. The minimum absolute atomic E-state index is 0.210. The maximum Gasteiger partial charge on any atom is 0.316 e. The Morgan fingerprint density at radius 3 is 2.21 bits per heavy atom. The molecule has 1 heterocycles. The molecular formula is C15H28O4. The Morgan fingerprint density at radius 1 is 1.05 bits per heavy atom. The first-order valence-electron chi connectivity index (χ1n) is 7.35. The lowest BCUT2D eigenvalue weighted by atomic mass is 9.92. The molecular weight excluding hydrogens is 244 g/mol. The molecule has 1 aliphatic rings. The van der Waals surface area contributed by atoms with E-state index in [-0.39, 0.29) is 5.97 Å². The highest BCUT2D eigenvalue weighted by atomic mass is 16.7. The Kier molecular flexibility index (Phi) is 6.27. The van der Waals surface area contributed by atoms with Crippen LogP contribution < -0.4 is 0 Å². The van der Waals surface area contributed by atoms with Crippen LogP contribution in [0.5, 0.6) is 0 Å². The van der Waals surface area contributed by atoms with E-state index < -0.39 is 11.2 Å². The van der Waals surface area contributed by atoms with Gasteiger partial charge in [0.2, 0.25) is 0 Å². The van der Waals surface area contributed by atoms with Crippen molar-refractivity contribution in [1.29, 1.82) is 0 Å². The zero-order chi connectivity index (χ0) is 14.4. The summed E-state index contributed by atoms with van der Waals surface area (Å²) < 4.78 is 16.4. The molecule has 0 amide bonds. The number of hydrogen-bond acceptors (Lipinski definition) is 4. The average Bonchev–Trinajstić information content (AvgIpc) is 2.37. The second kappa shape index (κ2) is 7.25. The van der Waals surface area contributed by atoms with Crippen molar-refractivity contribution in [3.8, 4) is 0 Å². The fraction of sp³-hybridized carbons (Fsp3) is 0.933. The molecule has 0 aromatic carbocycles. The zero-order valence-corrected chi connectivity index (χ0v) is 12.8. The molecule has 1 saturated heterocycles. The predicted molar refractivity (Wildman–Crippen MR) is 73.8 cm³/mol. The van der Waals surface area contributed by atoms with E-state index in [4.69, 9.17) is 14.2 Å². The van der Waals surface area contributed by atoms with Crippen LogP contribution in [0.2, 0.25) is 0 Å². The molecule has 0 N–H and O–H groups in total. The number of rotatable bonds is 7. The van der Waals surface area contributed by atoms with Gasteiger partial charge in [0, 0.05) is 0 Å². The first kappa shape index (κ1) is 16.4. The number of carbonyl (C=O) groups excluding carboxylic acids is 1. The van der Waals surface area contributed by atoms with Crippen LogP contribution in [0.15, 0.2) is 0 Å². The molecule has 0 aliphatic carbocycles. The summed E-state index contributed by atoms with van der Waals surface area (Å²) in [6, 6.07) is 0. The van der Waals surface area contributed by atoms with Crippen LogP contribution in [0.1, 0.15) is 59.8 Å². The van der Waals surface area contributed by atoms with Gasteiger partial charge in [0.15, 0.2) is 5.79 Å². The van der Waals surface area contributed by atoms with E-state index in [0.717, 1.165) is 12.8 Å². The summed E-state index contributed by atoms with van der Waals surface area (Å²) in [4.78, 5) is 12.0. The third-order valence-corrected chi connectivity index (χ3v) is 3.45. The molecule has 1 aliphatic heterocycles. The molecule has 0 radical (unpaired) electrons. The monoisotopic (exact) mass is 272 g/mol. The van der Waals surface area contributed by atoms with Crippen molar-refractivity contribution >= 4 is 5.97 Å². The highest BCUT2D eigenvalue weighted by Gasteiger charge is 2.43. The minimum Gasteiger partial charge on any atom is -0.465 e. The van der Waals surface area contributed by atoms with Gasteiger partial charge in [-0.05, 0) is 27.2 Å². The molecule has 1 rings (SSSR count). The van der Waals surface area contributed by atoms with Gasteiger partial charge in [-0.3, -0.25) is 4.79 Å². The second-order valence-electron chi connectivity index (χ2n) is 6.09. The largest absolute Gasteiger partial charge is 0.465 e. The van der Waals surface area contributed by atoms with Crippen LogP contribution in [0.3, 0.4) is 0 Å². The molecule has 0 saturated carbocycles. The summed E-state index contributed by atoms with van der Waals surface area (Å²) in [5, 5.41) is 0. The Hall–Kier alpha value is -0.610. The van der Waals surface area contributed by atoms with Crippen molar-refractivity contribution in [3.63, 3.8) is 0 Å². The highest BCUT2D eigenvalue weighted by Crippen LogP contribution is 2.30. The maximum absolute atomic E-state index is 12.0. The van der Waals surface area contributed by atoms with E-state index in [1.165, 1.54) is 19.3 Å². The van der Waals surface area contributed by atoms with Crippen molar-refractivity contribution in [2.75, 3.05) is 19.8 Å². The topological polar surface area (TPSA) is 44.8 Å². The summed E-state index contributed by atoms with van der Waals surface area (Å²) >= 11 is 0. The summed E-state index contributed by atoms with van der Waals surface area (Å²) in [5.41, 5.74) is -0.668. The van der Waals surface area contributed by atoms with Gasteiger partial charge in [-0.2, -0.15) is 0 Å². The average molecular weight is 272 g/mol. The van der Waals surface area contributed by atoms with E-state index in [0.29, 0.717) is 19.8 Å². The molecule has 19 heavy (non-hydrogen) atoms. The van der Waals surface area contributed by atoms with Gasteiger partial charge in [-0.25, -0.2) is 0 Å². The first-order chi connectivity index (χ1) is 8.90. The van der Waals surface area contributed by atoms with Crippen LogP contribution in [0, 0.1) is 5.41 Å². The molecule has 0 bridgehead atoms. The van der Waals surface area contributed by atoms with Crippen molar-refractivity contribution in [1.82, 2.24) is 0 Å². The normalized spacial score (nSPS) is 21.1. The lowest BCUT2D eigenvalue weighted by Crippen LogP contribution is -2.49. The van der Waals surface area contributed by atoms with Gasteiger partial charge >= 0.3 is 5.97 Å². The third-order valence-electron chi connectivity index (χ3n) is 3.45. The van der Waals surface area contributed by atoms with Crippen molar-refractivity contribution in [3.05, 3.63) is 0 Å². The van der Waals surface area contributed by atoms with Gasteiger partial charge < -0.3 is 14.2 Å². The Labute approximate surface area is 116 Å². The number of unbranched alkanes of at least 4 members (excludes halogenated alkanes) is 4. The van der Waals surface area contributed by atoms with Crippen LogP contribution >= 0.6 is 0 Å². The fourth-order valence-electron chi connectivity index (χ4n) is 1.91. The van der Waals surface area contributed by atoms with Gasteiger partial charge in [0.25, 0.3) is 0 Å². The summed E-state index contributed by atoms with van der Waals surface area (Å²) in [7, 11) is 0. The molecule has 112 valence electrons. The first-order valence-corrected chi connectivity index (χ1v) is 7.35. The molecule has 4 heteroatoms. The van der Waals surface area contributed by atoms with Crippen LogP contribution in [0.4, 0.5) is 0 Å². The van der Waals surface area contributed by atoms with E-state index >= 15 is 0 Å². The summed E-state index contributed by atoms with van der Waals surface area (Å²) in [6.45, 7) is 8.94. The minimum atomic E-state index is -0.668. The highest BCUT2D eigenvalue weighted by molar-refractivity contribution is 5.76. The van der Waals surface area contributed by atoms with Gasteiger partial charge in [0.05, 0.1) is 19.8 Å². The lowest BCUT2D eigenvalue weighted by molar-refractivity contribution is -0.281. The van der Waals surface area contributed by atoms with Gasteiger partial charge in [-0.15, -0.1) is 0 Å². The molecule has 0 unspecified atom stereocenters. The zero-order valence-electron chi connectivity index (χ0n) is 12.8. The number of hydrogen-bond donors (Lipinski definition) is 0. The van der Waals surface area contributed by atoms with Gasteiger partial charge in [-0.1, -0.05) is 32.6 Å². The van der Waals surface area contributed by atoms with Crippen molar-refractivity contribution < 1.29 is 19.0 Å².